The highest BCUT2D eigenvalue weighted by Gasteiger charge is 2.21. The molecule has 6 nitrogen and oxygen atoms in total. The van der Waals surface area contributed by atoms with Crippen LogP contribution >= 0.6 is 34.0 Å². The fourth-order valence-electron chi connectivity index (χ4n) is 2.20. The van der Waals surface area contributed by atoms with Gasteiger partial charge in [0, 0.05) is 25.4 Å². The Morgan fingerprint density at radius 2 is 1.96 bits per heavy atom. The molecule has 0 atom stereocenters. The number of hydrogen-bond donors (Lipinski definition) is 1. The topological polar surface area (TPSA) is 79.4 Å². The van der Waals surface area contributed by atoms with Crippen molar-refractivity contribution in [3.8, 4) is 10.6 Å². The molecule has 1 amide bonds. The molecule has 0 spiro atoms. The summed E-state index contributed by atoms with van der Waals surface area (Å²) >= 11 is 4.16. The molecule has 0 aromatic carbocycles. The summed E-state index contributed by atoms with van der Waals surface area (Å²) in [6, 6.07) is 7.22. The van der Waals surface area contributed by atoms with Gasteiger partial charge in [0.15, 0.2) is 5.13 Å². The van der Waals surface area contributed by atoms with Gasteiger partial charge in [0.25, 0.3) is 10.0 Å². The SMILES string of the molecule is CN(CCCC(=O)Nc1nc(-c2cccs2)cs1)S(=O)(=O)c1cccs1. The minimum Gasteiger partial charge on any atom is -0.302 e. The third kappa shape index (κ3) is 4.57. The second-order valence-electron chi connectivity index (χ2n) is 5.43. The second kappa shape index (κ2) is 8.40. The summed E-state index contributed by atoms with van der Waals surface area (Å²) in [5.74, 6) is -0.168. The van der Waals surface area contributed by atoms with Gasteiger partial charge in [0.2, 0.25) is 5.91 Å². The van der Waals surface area contributed by atoms with E-state index < -0.39 is 10.0 Å². The summed E-state index contributed by atoms with van der Waals surface area (Å²) in [7, 11) is -1.93. The lowest BCUT2D eigenvalue weighted by Crippen LogP contribution is -2.28. The normalized spacial score (nSPS) is 11.8. The van der Waals surface area contributed by atoms with Crippen molar-refractivity contribution < 1.29 is 13.2 Å². The van der Waals surface area contributed by atoms with E-state index in [2.05, 4.69) is 10.3 Å². The van der Waals surface area contributed by atoms with E-state index in [0.717, 1.165) is 10.6 Å². The highest BCUT2D eigenvalue weighted by atomic mass is 32.2. The van der Waals surface area contributed by atoms with Gasteiger partial charge in [0.05, 0.1) is 10.6 Å². The van der Waals surface area contributed by atoms with Gasteiger partial charge in [-0.25, -0.2) is 17.7 Å². The first-order valence-electron chi connectivity index (χ1n) is 7.76. The van der Waals surface area contributed by atoms with Crippen molar-refractivity contribution in [3.05, 3.63) is 40.4 Å². The van der Waals surface area contributed by atoms with Gasteiger partial charge in [-0.15, -0.1) is 34.0 Å². The Bertz CT molecular complexity index is 947. The number of nitrogens with zero attached hydrogens (tertiary/aromatic N) is 2. The van der Waals surface area contributed by atoms with Crippen LogP contribution in [0.1, 0.15) is 12.8 Å². The number of thiazole rings is 1. The van der Waals surface area contributed by atoms with Crippen LogP contribution in [-0.4, -0.2) is 37.2 Å². The zero-order valence-electron chi connectivity index (χ0n) is 13.9. The van der Waals surface area contributed by atoms with E-state index in [4.69, 9.17) is 0 Å². The Morgan fingerprint density at radius 3 is 2.65 bits per heavy atom. The summed E-state index contributed by atoms with van der Waals surface area (Å²) in [6.07, 6.45) is 0.675. The van der Waals surface area contributed by atoms with Crippen LogP contribution in [0.25, 0.3) is 10.6 Å². The zero-order valence-corrected chi connectivity index (χ0v) is 17.2. The first-order valence-corrected chi connectivity index (χ1v) is 11.8. The fourth-order valence-corrected chi connectivity index (χ4v) is 6.09. The van der Waals surface area contributed by atoms with E-state index in [9.17, 15) is 13.2 Å². The number of thiophene rings is 2. The van der Waals surface area contributed by atoms with Crippen molar-refractivity contribution in [1.82, 2.24) is 9.29 Å². The van der Waals surface area contributed by atoms with Crippen LogP contribution in [-0.2, 0) is 14.8 Å². The maximum Gasteiger partial charge on any atom is 0.252 e. The highest BCUT2D eigenvalue weighted by molar-refractivity contribution is 7.91. The van der Waals surface area contributed by atoms with E-state index in [1.165, 1.54) is 34.0 Å². The Morgan fingerprint density at radius 1 is 1.19 bits per heavy atom. The van der Waals surface area contributed by atoms with Crippen LogP contribution in [0.4, 0.5) is 5.13 Å². The average molecular weight is 428 g/mol. The van der Waals surface area contributed by atoms with E-state index in [1.807, 2.05) is 22.9 Å². The van der Waals surface area contributed by atoms with Crippen LogP contribution in [0, 0.1) is 0 Å². The number of carbonyl (C=O) groups excluding carboxylic acids is 1. The van der Waals surface area contributed by atoms with Gasteiger partial charge in [-0.1, -0.05) is 12.1 Å². The van der Waals surface area contributed by atoms with Crippen molar-refractivity contribution in [1.29, 1.82) is 0 Å². The molecule has 3 rings (SSSR count). The third-order valence-electron chi connectivity index (χ3n) is 3.56. The molecule has 3 aromatic rings. The molecule has 1 N–H and O–H groups in total. The van der Waals surface area contributed by atoms with E-state index in [0.29, 0.717) is 15.8 Å². The first-order chi connectivity index (χ1) is 12.5. The Kier molecular flexibility index (Phi) is 6.20. The quantitative estimate of drug-likeness (QED) is 0.590. The molecular formula is C16H17N3O3S4. The summed E-state index contributed by atoms with van der Waals surface area (Å²) < 4.78 is 26.2. The number of sulfonamides is 1. The molecule has 10 heteroatoms. The smallest absolute Gasteiger partial charge is 0.252 e. The van der Waals surface area contributed by atoms with Gasteiger partial charge in [-0.3, -0.25) is 4.79 Å². The molecule has 0 bridgehead atoms. The van der Waals surface area contributed by atoms with Gasteiger partial charge >= 0.3 is 0 Å². The third-order valence-corrected chi connectivity index (χ3v) is 8.44. The lowest BCUT2D eigenvalue weighted by Gasteiger charge is -2.15. The van der Waals surface area contributed by atoms with Crippen molar-refractivity contribution in [3.63, 3.8) is 0 Å². The molecule has 0 fully saturated rings. The van der Waals surface area contributed by atoms with Gasteiger partial charge in [-0.2, -0.15) is 0 Å². The molecule has 0 unspecified atom stereocenters. The van der Waals surface area contributed by atoms with E-state index in [1.54, 1.807) is 28.8 Å². The summed E-state index contributed by atoms with van der Waals surface area (Å²) in [4.78, 5) is 17.5. The Hall–Kier alpha value is -1.59. The van der Waals surface area contributed by atoms with E-state index >= 15 is 0 Å². The number of nitrogens with one attached hydrogen (secondary N) is 1. The molecule has 3 heterocycles. The lowest BCUT2D eigenvalue weighted by atomic mass is 10.3. The summed E-state index contributed by atoms with van der Waals surface area (Å²) in [5.41, 5.74) is 0.849. The monoisotopic (exact) mass is 427 g/mol. The van der Waals surface area contributed by atoms with Crippen LogP contribution < -0.4 is 5.32 Å². The molecular weight excluding hydrogens is 410 g/mol. The van der Waals surface area contributed by atoms with Crippen LogP contribution in [0.15, 0.2) is 44.6 Å². The number of aromatic nitrogens is 1. The highest BCUT2D eigenvalue weighted by Crippen LogP contribution is 2.28. The first kappa shape index (κ1) is 19.2. The van der Waals surface area contributed by atoms with Crippen LogP contribution in [0.5, 0.6) is 0 Å². The predicted molar refractivity (Wildman–Crippen MR) is 107 cm³/mol. The molecule has 0 saturated carbocycles. The number of anilines is 1. The lowest BCUT2D eigenvalue weighted by molar-refractivity contribution is -0.116. The van der Waals surface area contributed by atoms with Crippen molar-refractivity contribution in [2.75, 3.05) is 18.9 Å². The largest absolute Gasteiger partial charge is 0.302 e. The molecule has 0 radical (unpaired) electrons. The zero-order chi connectivity index (χ0) is 18.6. The molecule has 138 valence electrons. The maximum atomic E-state index is 12.3. The molecule has 0 aliphatic heterocycles. The number of amides is 1. The molecule has 0 saturated heterocycles. The maximum absolute atomic E-state index is 12.3. The summed E-state index contributed by atoms with van der Waals surface area (Å²) in [6.45, 7) is 0.284. The van der Waals surface area contributed by atoms with Crippen molar-refractivity contribution >= 4 is 55.1 Å². The predicted octanol–water partition coefficient (Wildman–Crippen LogP) is 3.97. The van der Waals surface area contributed by atoms with Crippen LogP contribution in [0.3, 0.4) is 0 Å². The number of hydrogen-bond acceptors (Lipinski definition) is 7. The van der Waals surface area contributed by atoms with Crippen molar-refractivity contribution in [2.24, 2.45) is 0 Å². The van der Waals surface area contributed by atoms with Gasteiger partial charge in [-0.05, 0) is 29.3 Å². The van der Waals surface area contributed by atoms with Gasteiger partial charge in [0.1, 0.15) is 4.21 Å². The van der Waals surface area contributed by atoms with Gasteiger partial charge < -0.3 is 5.32 Å². The Balaban J connectivity index is 1.47. The minimum atomic E-state index is -3.46. The van der Waals surface area contributed by atoms with E-state index in [-0.39, 0.29) is 18.9 Å². The second-order valence-corrected chi connectivity index (χ2v) is 10.5. The molecule has 3 aromatic heterocycles. The number of carbonyl (C=O) groups is 1. The van der Waals surface area contributed by atoms with Crippen molar-refractivity contribution in [2.45, 2.75) is 17.1 Å². The molecule has 0 aliphatic rings. The molecule has 26 heavy (non-hydrogen) atoms. The fraction of sp³-hybridized carbons (Fsp3) is 0.250. The summed E-state index contributed by atoms with van der Waals surface area (Å²) in [5, 5.41) is 8.94. The number of rotatable bonds is 8. The minimum absolute atomic E-state index is 0.168. The average Bonchev–Trinajstić information content (AvgIpc) is 3.35. The standard InChI is InChI=1S/C16H17N3O3S4/c1-19(26(21,22)15-7-4-10-24-15)8-2-6-14(20)18-16-17-12(11-25-16)13-5-3-9-23-13/h3-5,7,9-11H,2,6,8H2,1H3,(H,17,18,20). The van der Waals surface area contributed by atoms with Crippen LogP contribution in [0.2, 0.25) is 0 Å². The Labute approximate surface area is 164 Å². The molecule has 0 aliphatic carbocycles.